The van der Waals surface area contributed by atoms with Crippen LogP contribution in [0.25, 0.3) is 0 Å². The third-order valence-corrected chi connectivity index (χ3v) is 4.96. The summed E-state index contributed by atoms with van der Waals surface area (Å²) in [6, 6.07) is 0. The smallest absolute Gasteiger partial charge is 0.00913 e. The van der Waals surface area contributed by atoms with Gasteiger partial charge in [0.05, 0.1) is 0 Å². The molecule has 68 valence electrons. The minimum absolute atomic E-state index is 0.599. The summed E-state index contributed by atoms with van der Waals surface area (Å²) in [6.45, 7) is 3.85. The molecular weight excluding hydrogens is 212 g/mol. The molecule has 0 unspecified atom stereocenters. The fraction of sp³-hybridized carbons (Fsp3) is 0.818. The van der Waals surface area contributed by atoms with Gasteiger partial charge in [-0.2, -0.15) is 0 Å². The van der Waals surface area contributed by atoms with E-state index in [9.17, 15) is 0 Å². The fourth-order valence-electron chi connectivity index (χ4n) is 3.17. The number of alkyl halides is 1. The van der Waals surface area contributed by atoms with E-state index in [0.717, 1.165) is 5.41 Å². The van der Waals surface area contributed by atoms with Gasteiger partial charge in [0.15, 0.2) is 0 Å². The van der Waals surface area contributed by atoms with Crippen LogP contribution < -0.4 is 0 Å². The predicted molar refractivity (Wildman–Crippen MR) is 56.6 cm³/mol. The van der Waals surface area contributed by atoms with E-state index in [0.29, 0.717) is 5.41 Å². The molecule has 0 N–H and O–H groups in total. The maximum absolute atomic E-state index is 3.85. The van der Waals surface area contributed by atoms with E-state index in [4.69, 9.17) is 0 Å². The van der Waals surface area contributed by atoms with Crippen LogP contribution in [0.5, 0.6) is 0 Å². The molecule has 0 aliphatic heterocycles. The predicted octanol–water partition coefficient (Wildman–Crippen LogP) is 3.91. The summed E-state index contributed by atoms with van der Waals surface area (Å²) >= 11 is 3.64. The zero-order valence-electron chi connectivity index (χ0n) is 7.61. The highest BCUT2D eigenvalue weighted by Gasteiger charge is 2.55. The molecule has 2 rings (SSSR count). The van der Waals surface area contributed by atoms with Crippen LogP contribution >= 0.6 is 15.9 Å². The van der Waals surface area contributed by atoms with Gasteiger partial charge in [-0.3, -0.25) is 0 Å². The largest absolute Gasteiger partial charge is 0.103 e. The lowest BCUT2D eigenvalue weighted by Gasteiger charge is -2.61. The number of allylic oxidation sites excluding steroid dienone is 1. The summed E-state index contributed by atoms with van der Waals surface area (Å²) in [5.74, 6) is 0. The molecule has 0 aromatic heterocycles. The summed E-state index contributed by atoms with van der Waals surface area (Å²) in [4.78, 5) is 0. The summed E-state index contributed by atoms with van der Waals surface area (Å²) in [6.07, 6.45) is 10.7. The number of hydrogen-bond donors (Lipinski definition) is 0. The second-order valence-electron chi connectivity index (χ2n) is 4.83. The first-order valence-electron chi connectivity index (χ1n) is 4.91. The quantitative estimate of drug-likeness (QED) is 0.508. The molecule has 0 bridgehead atoms. The third-order valence-electron chi connectivity index (χ3n) is 3.78. The highest BCUT2D eigenvalue weighted by molar-refractivity contribution is 9.09. The molecule has 0 aromatic rings. The first kappa shape index (κ1) is 8.80. The van der Waals surface area contributed by atoms with Crippen molar-refractivity contribution in [2.75, 3.05) is 5.33 Å². The molecule has 0 atom stereocenters. The van der Waals surface area contributed by atoms with E-state index in [-0.39, 0.29) is 0 Å². The van der Waals surface area contributed by atoms with E-state index in [1.807, 2.05) is 0 Å². The van der Waals surface area contributed by atoms with Gasteiger partial charge in [-0.25, -0.2) is 0 Å². The molecule has 2 aliphatic rings. The maximum atomic E-state index is 3.85. The molecule has 12 heavy (non-hydrogen) atoms. The molecule has 1 spiro atoms. The van der Waals surface area contributed by atoms with Crippen molar-refractivity contribution in [1.29, 1.82) is 0 Å². The maximum Gasteiger partial charge on any atom is 0.00913 e. The molecule has 0 aromatic carbocycles. The van der Waals surface area contributed by atoms with E-state index in [1.54, 1.807) is 0 Å². The van der Waals surface area contributed by atoms with Crippen LogP contribution in [0.3, 0.4) is 0 Å². The minimum atomic E-state index is 0.599. The standard InChI is InChI=1S/C11H17Br/c1-2-4-11(9-12)7-10(8-11)5-3-6-10/h2H,1,3-9H2. The zero-order chi connectivity index (χ0) is 8.66. The van der Waals surface area contributed by atoms with Gasteiger partial charge in [0.2, 0.25) is 0 Å². The lowest BCUT2D eigenvalue weighted by molar-refractivity contribution is -0.0804. The van der Waals surface area contributed by atoms with E-state index in [1.165, 1.54) is 43.9 Å². The second kappa shape index (κ2) is 2.87. The molecule has 2 fully saturated rings. The molecule has 2 aliphatic carbocycles. The monoisotopic (exact) mass is 228 g/mol. The molecule has 0 radical (unpaired) electrons. The van der Waals surface area contributed by atoms with Crippen LogP contribution in [0.2, 0.25) is 0 Å². The van der Waals surface area contributed by atoms with Crippen LogP contribution in [0, 0.1) is 10.8 Å². The number of halogens is 1. The highest BCUT2D eigenvalue weighted by atomic mass is 79.9. The molecule has 0 saturated heterocycles. The third kappa shape index (κ3) is 1.17. The van der Waals surface area contributed by atoms with Crippen molar-refractivity contribution >= 4 is 15.9 Å². The van der Waals surface area contributed by atoms with Crippen molar-refractivity contribution in [3.8, 4) is 0 Å². The average molecular weight is 229 g/mol. The first-order valence-corrected chi connectivity index (χ1v) is 6.03. The van der Waals surface area contributed by atoms with Crippen LogP contribution in [-0.4, -0.2) is 5.33 Å². The SMILES string of the molecule is C=CCC1(CBr)CC2(CCC2)C1. The van der Waals surface area contributed by atoms with Crippen molar-refractivity contribution in [1.82, 2.24) is 0 Å². The topological polar surface area (TPSA) is 0 Å². The van der Waals surface area contributed by atoms with Crippen molar-refractivity contribution in [3.05, 3.63) is 12.7 Å². The average Bonchev–Trinajstić information content (AvgIpc) is 1.92. The lowest BCUT2D eigenvalue weighted by Crippen LogP contribution is -2.51. The Balaban J connectivity index is 1.93. The van der Waals surface area contributed by atoms with Crippen molar-refractivity contribution in [2.45, 2.75) is 38.5 Å². The van der Waals surface area contributed by atoms with E-state index in [2.05, 4.69) is 28.6 Å². The van der Waals surface area contributed by atoms with Crippen molar-refractivity contribution < 1.29 is 0 Å². The molecule has 0 nitrogen and oxygen atoms in total. The van der Waals surface area contributed by atoms with Gasteiger partial charge in [-0.05, 0) is 42.9 Å². The molecule has 2 saturated carbocycles. The van der Waals surface area contributed by atoms with Crippen molar-refractivity contribution in [3.63, 3.8) is 0 Å². The summed E-state index contributed by atoms with van der Waals surface area (Å²) < 4.78 is 0. The Labute approximate surface area is 83.6 Å². The minimum Gasteiger partial charge on any atom is -0.103 e. The van der Waals surface area contributed by atoms with Gasteiger partial charge in [-0.15, -0.1) is 6.58 Å². The molecular formula is C11H17Br. The zero-order valence-corrected chi connectivity index (χ0v) is 9.20. The first-order chi connectivity index (χ1) is 5.74. The summed E-state index contributed by atoms with van der Waals surface area (Å²) in [5, 5.41) is 1.17. The molecule has 0 amide bonds. The van der Waals surface area contributed by atoms with Gasteiger partial charge in [0, 0.05) is 5.33 Å². The molecule has 0 heterocycles. The summed E-state index contributed by atoms with van der Waals surface area (Å²) in [7, 11) is 0. The van der Waals surface area contributed by atoms with Crippen LogP contribution in [0.15, 0.2) is 12.7 Å². The Morgan fingerprint density at radius 3 is 2.33 bits per heavy atom. The Morgan fingerprint density at radius 1 is 1.33 bits per heavy atom. The van der Waals surface area contributed by atoms with E-state index < -0.39 is 0 Å². The normalized spacial score (nSPS) is 29.1. The van der Waals surface area contributed by atoms with Crippen LogP contribution in [0.4, 0.5) is 0 Å². The summed E-state index contributed by atoms with van der Waals surface area (Å²) in [5.41, 5.74) is 1.40. The number of hydrogen-bond acceptors (Lipinski definition) is 0. The number of rotatable bonds is 3. The fourth-order valence-corrected chi connectivity index (χ4v) is 3.79. The Morgan fingerprint density at radius 2 is 2.00 bits per heavy atom. The van der Waals surface area contributed by atoms with Gasteiger partial charge < -0.3 is 0 Å². The second-order valence-corrected chi connectivity index (χ2v) is 5.39. The Kier molecular flexibility index (Phi) is 2.10. The van der Waals surface area contributed by atoms with Crippen LogP contribution in [-0.2, 0) is 0 Å². The van der Waals surface area contributed by atoms with Crippen LogP contribution in [0.1, 0.15) is 38.5 Å². The lowest BCUT2D eigenvalue weighted by atomic mass is 9.45. The highest BCUT2D eigenvalue weighted by Crippen LogP contribution is 2.66. The van der Waals surface area contributed by atoms with Gasteiger partial charge in [0.25, 0.3) is 0 Å². The Bertz CT molecular complexity index is 183. The van der Waals surface area contributed by atoms with E-state index >= 15 is 0 Å². The van der Waals surface area contributed by atoms with Crippen molar-refractivity contribution in [2.24, 2.45) is 10.8 Å². The van der Waals surface area contributed by atoms with Gasteiger partial charge >= 0.3 is 0 Å². The van der Waals surface area contributed by atoms with Gasteiger partial charge in [-0.1, -0.05) is 28.4 Å². The van der Waals surface area contributed by atoms with Gasteiger partial charge in [0.1, 0.15) is 0 Å². The molecule has 1 heteroatoms. The Hall–Kier alpha value is 0.220.